The van der Waals surface area contributed by atoms with Gasteiger partial charge in [0.05, 0.1) is 0 Å². The zero-order valence-corrected chi connectivity index (χ0v) is 7.16. The zero-order chi connectivity index (χ0) is 9.68. The van der Waals surface area contributed by atoms with Gasteiger partial charge in [0, 0.05) is 18.3 Å². The summed E-state index contributed by atoms with van der Waals surface area (Å²) in [6.45, 7) is 0. The number of nitrogens with zero attached hydrogens (tertiary/aromatic N) is 1. The maximum absolute atomic E-state index is 11.1. The highest BCUT2D eigenvalue weighted by molar-refractivity contribution is 5.94. The van der Waals surface area contributed by atoms with Crippen LogP contribution < -0.4 is 10.6 Å². The molecule has 0 atom stereocenters. The summed E-state index contributed by atoms with van der Waals surface area (Å²) in [5, 5.41) is 13.3. The molecule has 4 heteroatoms. The maximum atomic E-state index is 11.1. The normalized spacial score (nSPS) is 8.62. The number of amides is 1. The lowest BCUT2D eigenvalue weighted by Gasteiger charge is -2.00. The van der Waals surface area contributed by atoms with Gasteiger partial charge in [0.15, 0.2) is 6.19 Å². The van der Waals surface area contributed by atoms with Crippen LogP contribution in [0.3, 0.4) is 0 Å². The van der Waals surface area contributed by atoms with Gasteiger partial charge in [-0.2, -0.15) is 5.26 Å². The smallest absolute Gasteiger partial charge is 0.251 e. The largest absolute Gasteiger partial charge is 0.355 e. The number of hydrogen-bond acceptors (Lipinski definition) is 3. The Balaban J connectivity index is 2.82. The number of carbonyl (C=O) groups excluding carboxylic acids is 1. The second kappa shape index (κ2) is 4.12. The average molecular weight is 175 g/mol. The van der Waals surface area contributed by atoms with Crippen molar-refractivity contribution in [2.24, 2.45) is 0 Å². The van der Waals surface area contributed by atoms with Gasteiger partial charge in [-0.05, 0) is 24.3 Å². The van der Waals surface area contributed by atoms with Crippen LogP contribution in [0.2, 0.25) is 0 Å². The Bertz CT molecular complexity index is 337. The van der Waals surface area contributed by atoms with Crippen LogP contribution in [0.5, 0.6) is 0 Å². The Morgan fingerprint density at radius 1 is 1.38 bits per heavy atom. The topological polar surface area (TPSA) is 64.9 Å². The second-order valence-corrected chi connectivity index (χ2v) is 2.39. The van der Waals surface area contributed by atoms with E-state index >= 15 is 0 Å². The summed E-state index contributed by atoms with van der Waals surface area (Å²) in [6.07, 6.45) is 1.80. The molecule has 0 saturated heterocycles. The molecule has 1 aromatic rings. The molecule has 1 amide bonds. The number of rotatable bonds is 2. The Morgan fingerprint density at radius 2 is 2.00 bits per heavy atom. The molecule has 4 nitrogen and oxygen atoms in total. The first-order valence-electron chi connectivity index (χ1n) is 3.75. The summed E-state index contributed by atoms with van der Waals surface area (Å²) in [4.78, 5) is 11.1. The highest BCUT2D eigenvalue weighted by atomic mass is 16.1. The molecule has 0 spiro atoms. The predicted molar refractivity (Wildman–Crippen MR) is 49.1 cm³/mol. The number of benzene rings is 1. The van der Waals surface area contributed by atoms with Crippen LogP contribution in [0.1, 0.15) is 10.4 Å². The summed E-state index contributed by atoms with van der Waals surface area (Å²) >= 11 is 0. The van der Waals surface area contributed by atoms with Gasteiger partial charge in [-0.3, -0.25) is 10.1 Å². The van der Waals surface area contributed by atoms with Crippen molar-refractivity contribution in [3.05, 3.63) is 29.8 Å². The van der Waals surface area contributed by atoms with Crippen molar-refractivity contribution in [3.8, 4) is 6.19 Å². The fraction of sp³-hybridized carbons (Fsp3) is 0.111. The van der Waals surface area contributed by atoms with Gasteiger partial charge in [-0.25, -0.2) is 0 Å². The van der Waals surface area contributed by atoms with Gasteiger partial charge in [-0.15, -0.1) is 0 Å². The molecule has 1 aromatic carbocycles. The van der Waals surface area contributed by atoms with Gasteiger partial charge in [0.1, 0.15) is 0 Å². The van der Waals surface area contributed by atoms with E-state index in [4.69, 9.17) is 5.26 Å². The molecule has 0 heterocycles. The second-order valence-electron chi connectivity index (χ2n) is 2.39. The lowest BCUT2D eigenvalue weighted by Crippen LogP contribution is -2.17. The third-order valence-corrected chi connectivity index (χ3v) is 1.57. The van der Waals surface area contributed by atoms with E-state index in [1.165, 1.54) is 0 Å². The zero-order valence-electron chi connectivity index (χ0n) is 7.16. The van der Waals surface area contributed by atoms with Crippen LogP contribution in [0.4, 0.5) is 5.69 Å². The summed E-state index contributed by atoms with van der Waals surface area (Å²) in [6, 6.07) is 6.65. The molecule has 0 unspecified atom stereocenters. The fourth-order valence-electron chi connectivity index (χ4n) is 0.914. The van der Waals surface area contributed by atoms with Crippen molar-refractivity contribution in [3.63, 3.8) is 0 Å². The summed E-state index contributed by atoms with van der Waals surface area (Å²) in [5.41, 5.74) is 1.25. The number of nitriles is 1. The van der Waals surface area contributed by atoms with Crippen LogP contribution in [0.15, 0.2) is 24.3 Å². The van der Waals surface area contributed by atoms with Crippen molar-refractivity contribution in [2.75, 3.05) is 12.4 Å². The first-order valence-corrected chi connectivity index (χ1v) is 3.75. The van der Waals surface area contributed by atoms with Crippen molar-refractivity contribution < 1.29 is 4.79 Å². The molecule has 0 aromatic heterocycles. The minimum Gasteiger partial charge on any atom is -0.355 e. The van der Waals surface area contributed by atoms with Gasteiger partial charge in [0.25, 0.3) is 5.91 Å². The van der Waals surface area contributed by atoms with Crippen molar-refractivity contribution in [1.82, 2.24) is 5.32 Å². The Labute approximate surface area is 76.2 Å². The molecule has 0 saturated carbocycles. The predicted octanol–water partition coefficient (Wildman–Crippen LogP) is 0.939. The summed E-state index contributed by atoms with van der Waals surface area (Å²) in [5.74, 6) is -0.136. The molecule has 2 N–H and O–H groups in total. The molecule has 0 radical (unpaired) electrons. The fourth-order valence-corrected chi connectivity index (χ4v) is 0.914. The molecule has 66 valence electrons. The van der Waals surface area contributed by atoms with Crippen LogP contribution in [-0.2, 0) is 0 Å². The quantitative estimate of drug-likeness (QED) is 0.519. The van der Waals surface area contributed by atoms with E-state index in [0.717, 1.165) is 0 Å². The standard InChI is InChI=1S/C9H9N3O/c1-11-9(13)7-2-4-8(5-3-7)12-6-10/h2-5,12H,1H3,(H,11,13). The summed E-state index contributed by atoms with van der Waals surface area (Å²) < 4.78 is 0. The molecule has 0 aliphatic carbocycles. The maximum Gasteiger partial charge on any atom is 0.251 e. The minimum atomic E-state index is -0.136. The van der Waals surface area contributed by atoms with E-state index in [-0.39, 0.29) is 5.91 Å². The molecule has 0 bridgehead atoms. The van der Waals surface area contributed by atoms with Crippen LogP contribution in [0, 0.1) is 11.5 Å². The van der Waals surface area contributed by atoms with Gasteiger partial charge < -0.3 is 5.32 Å². The van der Waals surface area contributed by atoms with Crippen LogP contribution in [0.25, 0.3) is 0 Å². The molecule has 0 fully saturated rings. The van der Waals surface area contributed by atoms with Crippen molar-refractivity contribution in [1.29, 1.82) is 5.26 Å². The van der Waals surface area contributed by atoms with E-state index in [1.807, 2.05) is 0 Å². The lowest BCUT2D eigenvalue weighted by molar-refractivity contribution is 0.0963. The van der Waals surface area contributed by atoms with Gasteiger partial charge >= 0.3 is 0 Å². The van der Waals surface area contributed by atoms with Crippen molar-refractivity contribution in [2.45, 2.75) is 0 Å². The molecule has 0 aliphatic heterocycles. The minimum absolute atomic E-state index is 0.136. The monoisotopic (exact) mass is 175 g/mol. The average Bonchev–Trinajstić information content (AvgIpc) is 2.18. The van der Waals surface area contributed by atoms with Gasteiger partial charge in [0.2, 0.25) is 0 Å². The molecule has 13 heavy (non-hydrogen) atoms. The van der Waals surface area contributed by atoms with Crippen LogP contribution >= 0.6 is 0 Å². The molecule has 0 aliphatic rings. The van der Waals surface area contributed by atoms with Crippen molar-refractivity contribution >= 4 is 11.6 Å². The third kappa shape index (κ3) is 2.20. The third-order valence-electron chi connectivity index (χ3n) is 1.57. The number of hydrogen-bond donors (Lipinski definition) is 2. The van der Waals surface area contributed by atoms with E-state index in [9.17, 15) is 4.79 Å². The Morgan fingerprint density at radius 3 is 2.46 bits per heavy atom. The van der Waals surface area contributed by atoms with E-state index in [2.05, 4.69) is 10.6 Å². The first-order chi connectivity index (χ1) is 6.27. The molecular weight excluding hydrogens is 166 g/mol. The molecular formula is C9H9N3O. The SMILES string of the molecule is CNC(=O)c1ccc(NC#N)cc1. The lowest BCUT2D eigenvalue weighted by atomic mass is 10.2. The summed E-state index contributed by atoms with van der Waals surface area (Å²) in [7, 11) is 1.57. The van der Waals surface area contributed by atoms with E-state index < -0.39 is 0 Å². The number of anilines is 1. The Hall–Kier alpha value is -2.02. The highest BCUT2D eigenvalue weighted by Crippen LogP contribution is 2.08. The first kappa shape index (κ1) is 9.07. The van der Waals surface area contributed by atoms with E-state index in [1.54, 1.807) is 37.5 Å². The number of carbonyl (C=O) groups is 1. The van der Waals surface area contributed by atoms with Gasteiger partial charge in [-0.1, -0.05) is 0 Å². The van der Waals surface area contributed by atoms with E-state index in [0.29, 0.717) is 11.3 Å². The highest BCUT2D eigenvalue weighted by Gasteiger charge is 2.00. The number of nitrogens with one attached hydrogen (secondary N) is 2. The molecule has 1 rings (SSSR count). The van der Waals surface area contributed by atoms with Crippen LogP contribution in [-0.4, -0.2) is 13.0 Å². The Kier molecular flexibility index (Phi) is 2.87.